The third kappa shape index (κ3) is 3.48. The molecule has 0 radical (unpaired) electrons. The maximum absolute atomic E-state index is 10.5. The predicted octanol–water partition coefficient (Wildman–Crippen LogP) is 2.49. The van der Waals surface area contributed by atoms with E-state index >= 15 is 0 Å². The number of carbonyl (C=O) groups excluding carboxylic acids is 1. The van der Waals surface area contributed by atoms with Gasteiger partial charge >= 0.3 is 0 Å². The highest BCUT2D eigenvalue weighted by atomic mass is 35.5. The van der Waals surface area contributed by atoms with Gasteiger partial charge in [-0.2, -0.15) is 0 Å². The van der Waals surface area contributed by atoms with E-state index in [2.05, 4.69) is 0 Å². The second kappa shape index (κ2) is 5.78. The lowest BCUT2D eigenvalue weighted by atomic mass is 10.1. The van der Waals surface area contributed by atoms with Crippen LogP contribution in [0.2, 0.25) is 5.02 Å². The molecular weight excluding hydrogens is 200 g/mol. The molecule has 1 unspecified atom stereocenters. The van der Waals surface area contributed by atoms with Gasteiger partial charge in [-0.1, -0.05) is 23.7 Å². The van der Waals surface area contributed by atoms with E-state index in [-0.39, 0.29) is 6.10 Å². The van der Waals surface area contributed by atoms with E-state index in [0.29, 0.717) is 6.42 Å². The first kappa shape index (κ1) is 11.2. The lowest BCUT2D eigenvalue weighted by Gasteiger charge is -2.07. The van der Waals surface area contributed by atoms with Crippen LogP contribution in [0.5, 0.6) is 0 Å². The molecule has 76 valence electrons. The summed E-state index contributed by atoms with van der Waals surface area (Å²) in [7, 11) is 1.54. The van der Waals surface area contributed by atoms with Crippen LogP contribution in [0.15, 0.2) is 24.3 Å². The summed E-state index contributed by atoms with van der Waals surface area (Å²) >= 11 is 5.83. The largest absolute Gasteiger partial charge is 0.374 e. The fraction of sp³-hybridized carbons (Fsp3) is 0.364. The summed E-state index contributed by atoms with van der Waals surface area (Å²) < 4.78 is 4.95. The molecule has 0 bridgehead atoms. The van der Waals surface area contributed by atoms with Crippen molar-refractivity contribution < 1.29 is 9.53 Å². The maximum atomic E-state index is 10.5. The Hall–Kier alpha value is -0.860. The maximum Gasteiger partial charge on any atom is 0.148 e. The molecule has 1 aromatic rings. The quantitative estimate of drug-likeness (QED) is 0.701. The number of aryl methyl sites for hydroxylation is 1. The molecule has 0 aromatic heterocycles. The summed E-state index contributed by atoms with van der Waals surface area (Å²) in [5, 5.41) is 0.725. The highest BCUT2D eigenvalue weighted by Gasteiger charge is 2.05. The zero-order valence-corrected chi connectivity index (χ0v) is 8.83. The van der Waals surface area contributed by atoms with Crippen molar-refractivity contribution in [1.82, 2.24) is 0 Å². The number of carbonyl (C=O) groups is 1. The fourth-order valence-corrected chi connectivity index (χ4v) is 1.46. The van der Waals surface area contributed by atoms with Crippen molar-refractivity contribution in [3.05, 3.63) is 34.9 Å². The zero-order valence-electron chi connectivity index (χ0n) is 8.07. The normalized spacial score (nSPS) is 12.4. The molecule has 2 nitrogen and oxygen atoms in total. The van der Waals surface area contributed by atoms with Crippen molar-refractivity contribution in [2.45, 2.75) is 18.9 Å². The Balaban J connectivity index is 2.48. The molecule has 0 fully saturated rings. The Labute approximate surface area is 88.8 Å². The highest BCUT2D eigenvalue weighted by Crippen LogP contribution is 2.13. The Morgan fingerprint density at radius 2 is 2.36 bits per heavy atom. The summed E-state index contributed by atoms with van der Waals surface area (Å²) in [5.74, 6) is 0. The number of ether oxygens (including phenoxy) is 1. The van der Waals surface area contributed by atoms with E-state index in [9.17, 15) is 4.79 Å². The van der Waals surface area contributed by atoms with E-state index in [4.69, 9.17) is 16.3 Å². The van der Waals surface area contributed by atoms with Gasteiger partial charge in [0.15, 0.2) is 0 Å². The Morgan fingerprint density at radius 1 is 1.57 bits per heavy atom. The monoisotopic (exact) mass is 212 g/mol. The van der Waals surface area contributed by atoms with Gasteiger partial charge in [0.2, 0.25) is 0 Å². The minimum absolute atomic E-state index is 0.311. The van der Waals surface area contributed by atoms with E-state index in [1.54, 1.807) is 0 Å². The second-order valence-corrected chi connectivity index (χ2v) is 3.52. The van der Waals surface area contributed by atoms with Crippen molar-refractivity contribution >= 4 is 17.9 Å². The smallest absolute Gasteiger partial charge is 0.148 e. The lowest BCUT2D eigenvalue weighted by Crippen LogP contribution is -2.12. The number of rotatable bonds is 5. The number of methoxy groups -OCH3 is 1. The third-order valence-corrected chi connectivity index (χ3v) is 2.30. The first-order valence-electron chi connectivity index (χ1n) is 4.49. The van der Waals surface area contributed by atoms with Gasteiger partial charge < -0.3 is 9.53 Å². The fourth-order valence-electron chi connectivity index (χ4n) is 1.24. The predicted molar refractivity (Wildman–Crippen MR) is 56.6 cm³/mol. The van der Waals surface area contributed by atoms with Crippen molar-refractivity contribution in [1.29, 1.82) is 0 Å². The van der Waals surface area contributed by atoms with Gasteiger partial charge in [0.05, 0.1) is 0 Å². The van der Waals surface area contributed by atoms with Gasteiger partial charge in [0.25, 0.3) is 0 Å². The van der Waals surface area contributed by atoms with E-state index < -0.39 is 0 Å². The van der Waals surface area contributed by atoms with Gasteiger partial charge in [-0.05, 0) is 30.5 Å². The average Bonchev–Trinajstić information content (AvgIpc) is 2.19. The van der Waals surface area contributed by atoms with E-state index in [0.717, 1.165) is 23.3 Å². The molecule has 14 heavy (non-hydrogen) atoms. The van der Waals surface area contributed by atoms with Crippen LogP contribution < -0.4 is 0 Å². The summed E-state index contributed by atoms with van der Waals surface area (Å²) in [4.78, 5) is 10.5. The minimum atomic E-state index is -0.311. The molecule has 3 heteroatoms. The number of halogens is 1. The summed E-state index contributed by atoms with van der Waals surface area (Å²) in [6, 6.07) is 7.63. The molecule has 0 N–H and O–H groups in total. The van der Waals surface area contributed by atoms with Crippen LogP contribution in [0.3, 0.4) is 0 Å². The molecule has 1 aromatic carbocycles. The molecule has 1 rings (SSSR count). The van der Waals surface area contributed by atoms with Crippen LogP contribution in [-0.4, -0.2) is 19.5 Å². The molecule has 1 atom stereocenters. The van der Waals surface area contributed by atoms with Crippen molar-refractivity contribution in [3.63, 3.8) is 0 Å². The Bertz CT molecular complexity index is 299. The molecule has 0 aliphatic rings. The molecule has 0 saturated heterocycles. The number of hydrogen-bond donors (Lipinski definition) is 0. The zero-order chi connectivity index (χ0) is 10.4. The summed E-state index contributed by atoms with van der Waals surface area (Å²) in [6.07, 6.45) is 2.01. The average molecular weight is 213 g/mol. The van der Waals surface area contributed by atoms with Gasteiger partial charge in [0.1, 0.15) is 12.4 Å². The number of aldehydes is 1. The van der Waals surface area contributed by atoms with Crippen LogP contribution in [-0.2, 0) is 16.0 Å². The Kier molecular flexibility index (Phi) is 4.63. The first-order valence-corrected chi connectivity index (χ1v) is 4.86. The second-order valence-electron chi connectivity index (χ2n) is 3.08. The van der Waals surface area contributed by atoms with Crippen molar-refractivity contribution in [2.24, 2.45) is 0 Å². The van der Waals surface area contributed by atoms with Crippen LogP contribution >= 0.6 is 11.6 Å². The first-order chi connectivity index (χ1) is 6.76. The van der Waals surface area contributed by atoms with Crippen LogP contribution in [0, 0.1) is 0 Å². The summed E-state index contributed by atoms with van der Waals surface area (Å²) in [5.41, 5.74) is 1.13. The van der Waals surface area contributed by atoms with Crippen molar-refractivity contribution in [2.75, 3.05) is 7.11 Å². The van der Waals surface area contributed by atoms with E-state index in [1.165, 1.54) is 7.11 Å². The van der Waals surface area contributed by atoms with Gasteiger partial charge in [0, 0.05) is 12.1 Å². The van der Waals surface area contributed by atoms with E-state index in [1.807, 2.05) is 24.3 Å². The molecular formula is C11H13ClO2. The van der Waals surface area contributed by atoms with Crippen LogP contribution in [0.4, 0.5) is 0 Å². The number of hydrogen-bond acceptors (Lipinski definition) is 2. The van der Waals surface area contributed by atoms with Crippen LogP contribution in [0.25, 0.3) is 0 Å². The molecule has 0 amide bonds. The minimum Gasteiger partial charge on any atom is -0.374 e. The van der Waals surface area contributed by atoms with Gasteiger partial charge in [-0.25, -0.2) is 0 Å². The molecule has 0 heterocycles. The topological polar surface area (TPSA) is 26.3 Å². The lowest BCUT2D eigenvalue weighted by molar-refractivity contribution is -0.116. The molecule has 0 spiro atoms. The van der Waals surface area contributed by atoms with Crippen LogP contribution in [0.1, 0.15) is 12.0 Å². The number of benzene rings is 1. The summed E-state index contributed by atoms with van der Waals surface area (Å²) in [6.45, 7) is 0. The SMILES string of the molecule is COC(C=O)CCc1cccc(Cl)c1. The third-order valence-electron chi connectivity index (χ3n) is 2.06. The van der Waals surface area contributed by atoms with Gasteiger partial charge in [-0.3, -0.25) is 0 Å². The molecule has 0 saturated carbocycles. The molecule has 0 aliphatic carbocycles. The standard InChI is InChI=1S/C11H13ClO2/c1-14-11(8-13)6-5-9-3-2-4-10(12)7-9/h2-4,7-8,11H,5-6H2,1H3. The highest BCUT2D eigenvalue weighted by molar-refractivity contribution is 6.30. The molecule has 0 aliphatic heterocycles. The van der Waals surface area contributed by atoms with Gasteiger partial charge in [-0.15, -0.1) is 0 Å². The van der Waals surface area contributed by atoms with Crippen molar-refractivity contribution in [3.8, 4) is 0 Å². The Morgan fingerprint density at radius 3 is 2.93 bits per heavy atom.